The fourth-order valence-electron chi connectivity index (χ4n) is 3.00. The molecule has 0 amide bonds. The van der Waals surface area contributed by atoms with Crippen molar-refractivity contribution >= 4 is 10.8 Å². The summed E-state index contributed by atoms with van der Waals surface area (Å²) < 4.78 is 13.2. The van der Waals surface area contributed by atoms with Crippen molar-refractivity contribution in [3.63, 3.8) is 0 Å². The molecule has 4 heteroatoms. The molecule has 1 heterocycles. The Balaban J connectivity index is 1.56. The van der Waals surface area contributed by atoms with E-state index in [-0.39, 0.29) is 11.7 Å². The molecule has 0 aliphatic rings. The molecule has 0 radical (unpaired) electrons. The Morgan fingerprint density at radius 3 is 2.44 bits per heavy atom. The number of pyridine rings is 1. The van der Waals surface area contributed by atoms with E-state index >= 15 is 0 Å². The zero-order chi connectivity index (χ0) is 19.2. The number of rotatable bonds is 8. The molecule has 0 fully saturated rings. The molecule has 2 aromatic carbocycles. The summed E-state index contributed by atoms with van der Waals surface area (Å²) in [7, 11) is 0. The van der Waals surface area contributed by atoms with Gasteiger partial charge < -0.3 is 14.0 Å². The highest BCUT2D eigenvalue weighted by atomic mass is 16.5. The van der Waals surface area contributed by atoms with Gasteiger partial charge in [0.15, 0.2) is 0 Å². The molecule has 4 nitrogen and oxygen atoms in total. The number of ether oxygens (including phenoxy) is 2. The molecule has 0 N–H and O–H groups in total. The number of nitrogens with zero attached hydrogens (tertiary/aromatic N) is 1. The molecule has 0 bridgehead atoms. The minimum absolute atomic E-state index is 0.0445. The van der Waals surface area contributed by atoms with E-state index in [4.69, 9.17) is 9.47 Å². The van der Waals surface area contributed by atoms with E-state index in [0.29, 0.717) is 13.2 Å². The number of unbranched alkanes of at least 4 members (excludes halogenated alkanes) is 1. The van der Waals surface area contributed by atoms with Crippen molar-refractivity contribution in [1.29, 1.82) is 0 Å². The van der Waals surface area contributed by atoms with Gasteiger partial charge in [-0.3, -0.25) is 4.79 Å². The second-order valence-electron chi connectivity index (χ2n) is 7.10. The summed E-state index contributed by atoms with van der Waals surface area (Å²) in [6.45, 7) is 7.39. The summed E-state index contributed by atoms with van der Waals surface area (Å²) in [6.07, 6.45) is 3.78. The number of aryl methyl sites for hydroxylation is 2. The smallest absolute Gasteiger partial charge is 0.258 e. The molecule has 3 aromatic rings. The van der Waals surface area contributed by atoms with Crippen LogP contribution in [0.5, 0.6) is 11.5 Å². The molecule has 0 atom stereocenters. The van der Waals surface area contributed by atoms with Crippen LogP contribution in [0.1, 0.15) is 32.3 Å². The molecule has 0 aliphatic heterocycles. The number of hydrogen-bond donors (Lipinski definition) is 0. The zero-order valence-electron chi connectivity index (χ0n) is 16.3. The van der Waals surface area contributed by atoms with Gasteiger partial charge in [-0.2, -0.15) is 0 Å². The van der Waals surface area contributed by atoms with E-state index < -0.39 is 0 Å². The fourth-order valence-corrected chi connectivity index (χ4v) is 3.00. The van der Waals surface area contributed by atoms with Crippen LogP contribution in [0.4, 0.5) is 0 Å². The number of hydrogen-bond acceptors (Lipinski definition) is 3. The largest absolute Gasteiger partial charge is 0.494 e. The maximum atomic E-state index is 12.7. The van der Waals surface area contributed by atoms with Gasteiger partial charge >= 0.3 is 0 Å². The Labute approximate surface area is 160 Å². The van der Waals surface area contributed by atoms with Crippen LogP contribution < -0.4 is 15.0 Å². The van der Waals surface area contributed by atoms with Crippen LogP contribution in [0, 0.1) is 6.92 Å². The molecule has 0 saturated carbocycles. The first-order chi connectivity index (χ1) is 13.0. The van der Waals surface area contributed by atoms with E-state index in [1.807, 2.05) is 68.6 Å². The molecule has 142 valence electrons. The van der Waals surface area contributed by atoms with Crippen molar-refractivity contribution in [2.24, 2.45) is 0 Å². The van der Waals surface area contributed by atoms with E-state index in [1.165, 1.54) is 5.56 Å². The first-order valence-corrected chi connectivity index (χ1v) is 9.52. The maximum Gasteiger partial charge on any atom is 0.258 e. The second-order valence-corrected chi connectivity index (χ2v) is 7.10. The topological polar surface area (TPSA) is 40.5 Å². The van der Waals surface area contributed by atoms with E-state index in [1.54, 1.807) is 4.57 Å². The molecule has 1 aromatic heterocycles. The Kier molecular flexibility index (Phi) is 6.17. The Morgan fingerprint density at radius 1 is 0.963 bits per heavy atom. The Hall–Kier alpha value is -2.75. The zero-order valence-corrected chi connectivity index (χ0v) is 16.3. The lowest BCUT2D eigenvalue weighted by molar-refractivity contribution is 0.243. The van der Waals surface area contributed by atoms with Crippen molar-refractivity contribution < 1.29 is 9.47 Å². The Morgan fingerprint density at radius 2 is 1.70 bits per heavy atom. The monoisotopic (exact) mass is 365 g/mol. The minimum Gasteiger partial charge on any atom is -0.494 e. The summed E-state index contributed by atoms with van der Waals surface area (Å²) >= 11 is 0. The molecular weight excluding hydrogens is 338 g/mol. The van der Waals surface area contributed by atoms with Gasteiger partial charge in [-0.1, -0.05) is 17.7 Å². The van der Waals surface area contributed by atoms with Crippen molar-refractivity contribution in [2.75, 3.05) is 6.61 Å². The molecule has 0 saturated heterocycles. The average Bonchev–Trinajstić information content (AvgIpc) is 2.64. The van der Waals surface area contributed by atoms with Gasteiger partial charge in [0, 0.05) is 18.1 Å². The maximum absolute atomic E-state index is 12.7. The lowest BCUT2D eigenvalue weighted by atomic mass is 10.1. The average molecular weight is 365 g/mol. The molecule has 3 rings (SSSR count). The second kappa shape index (κ2) is 8.76. The van der Waals surface area contributed by atoms with Gasteiger partial charge in [0.1, 0.15) is 11.5 Å². The highest BCUT2D eigenvalue weighted by molar-refractivity contribution is 5.82. The molecule has 0 spiro atoms. The van der Waals surface area contributed by atoms with Crippen LogP contribution in [0.25, 0.3) is 10.8 Å². The van der Waals surface area contributed by atoms with Crippen LogP contribution in [0.2, 0.25) is 0 Å². The highest BCUT2D eigenvalue weighted by Crippen LogP contribution is 2.19. The first kappa shape index (κ1) is 19.0. The summed E-state index contributed by atoms with van der Waals surface area (Å²) in [6, 6.07) is 15.7. The predicted molar refractivity (Wildman–Crippen MR) is 110 cm³/mol. The SMILES string of the molecule is Cc1ccc(OCCCCn2ccc3cc(OC(C)C)ccc3c2=O)cc1. The van der Waals surface area contributed by atoms with Gasteiger partial charge in [-0.25, -0.2) is 0 Å². The van der Waals surface area contributed by atoms with Gasteiger partial charge in [0.2, 0.25) is 0 Å². The number of benzene rings is 2. The highest BCUT2D eigenvalue weighted by Gasteiger charge is 2.05. The van der Waals surface area contributed by atoms with Crippen molar-refractivity contribution in [2.45, 2.75) is 46.3 Å². The summed E-state index contributed by atoms with van der Waals surface area (Å²) in [4.78, 5) is 12.7. The van der Waals surface area contributed by atoms with Gasteiger partial charge in [-0.15, -0.1) is 0 Å². The quantitative estimate of drug-likeness (QED) is 0.530. The van der Waals surface area contributed by atoms with Crippen LogP contribution in [0.15, 0.2) is 59.5 Å². The lowest BCUT2D eigenvalue weighted by Crippen LogP contribution is -2.19. The molecule has 27 heavy (non-hydrogen) atoms. The van der Waals surface area contributed by atoms with Crippen LogP contribution >= 0.6 is 0 Å². The standard InChI is InChI=1S/C23H27NO3/c1-17(2)27-21-10-11-22-19(16-21)12-14-24(23(22)25)13-4-5-15-26-20-8-6-18(3)7-9-20/h6-12,14,16-17H,4-5,13,15H2,1-3H3. The van der Waals surface area contributed by atoms with Crippen molar-refractivity contribution in [1.82, 2.24) is 4.57 Å². The van der Waals surface area contributed by atoms with Crippen LogP contribution in [-0.4, -0.2) is 17.3 Å². The van der Waals surface area contributed by atoms with Crippen LogP contribution in [-0.2, 0) is 6.54 Å². The van der Waals surface area contributed by atoms with E-state index in [2.05, 4.69) is 6.92 Å². The summed E-state index contributed by atoms with van der Waals surface area (Å²) in [5.74, 6) is 1.69. The van der Waals surface area contributed by atoms with Gasteiger partial charge in [-0.05, 0) is 75.4 Å². The van der Waals surface area contributed by atoms with Crippen molar-refractivity contribution in [3.8, 4) is 11.5 Å². The van der Waals surface area contributed by atoms with Crippen LogP contribution in [0.3, 0.4) is 0 Å². The minimum atomic E-state index is 0.0445. The predicted octanol–water partition coefficient (Wildman–Crippen LogP) is 4.96. The third kappa shape index (κ3) is 5.13. The summed E-state index contributed by atoms with van der Waals surface area (Å²) in [5, 5.41) is 1.64. The normalized spacial score (nSPS) is 11.1. The van der Waals surface area contributed by atoms with E-state index in [9.17, 15) is 4.79 Å². The van der Waals surface area contributed by atoms with E-state index in [0.717, 1.165) is 35.1 Å². The number of fused-ring (bicyclic) bond motifs is 1. The Bertz CT molecular complexity index is 942. The summed E-state index contributed by atoms with van der Waals surface area (Å²) in [5.41, 5.74) is 1.27. The molecule has 0 aliphatic carbocycles. The van der Waals surface area contributed by atoms with Crippen molar-refractivity contribution in [3.05, 3.63) is 70.6 Å². The lowest BCUT2D eigenvalue weighted by Gasteiger charge is -2.11. The third-order valence-corrected chi connectivity index (χ3v) is 4.40. The van der Waals surface area contributed by atoms with Gasteiger partial charge in [0.25, 0.3) is 5.56 Å². The third-order valence-electron chi connectivity index (χ3n) is 4.40. The molecule has 0 unspecified atom stereocenters. The first-order valence-electron chi connectivity index (χ1n) is 9.52. The van der Waals surface area contributed by atoms with Gasteiger partial charge in [0.05, 0.1) is 12.7 Å². The molecular formula is C23H27NO3. The number of aromatic nitrogens is 1. The fraction of sp³-hybridized carbons (Fsp3) is 0.348.